The van der Waals surface area contributed by atoms with Crippen LogP contribution in [0.4, 0.5) is 18.9 Å². The van der Waals surface area contributed by atoms with Crippen molar-refractivity contribution in [1.29, 1.82) is 0 Å². The molecule has 2 rings (SSSR count). The Balaban J connectivity index is 2.30. The Labute approximate surface area is 142 Å². The molecule has 1 unspecified atom stereocenters. The average Bonchev–Trinajstić information content (AvgIpc) is 2.61. The van der Waals surface area contributed by atoms with Gasteiger partial charge in [0.15, 0.2) is 0 Å². The first-order valence-electron chi connectivity index (χ1n) is 6.99. The lowest BCUT2D eigenvalue weighted by Gasteiger charge is -2.24. The smallest absolute Gasteiger partial charge is 0.292 e. The number of hydrogen-bond donors (Lipinski definition) is 1. The number of hydrogen-bond acceptors (Lipinski definition) is 4. The molecule has 0 saturated carbocycles. The number of amides is 1. The highest BCUT2D eigenvalue weighted by Gasteiger charge is 2.44. The minimum atomic E-state index is -3.84. The fourth-order valence-corrected chi connectivity index (χ4v) is 3.18. The predicted octanol–water partition coefficient (Wildman–Crippen LogP) is 2.75. The van der Waals surface area contributed by atoms with Gasteiger partial charge in [0.25, 0.3) is 12.3 Å². The van der Waals surface area contributed by atoms with Gasteiger partial charge in [0.1, 0.15) is 0 Å². The SMILES string of the molecule is CC(O)(C(=O)N(F)c1ccc(S(=O)(=O)c2ccccc2)cc1)C(F)F. The van der Waals surface area contributed by atoms with E-state index in [4.69, 9.17) is 0 Å². The Morgan fingerprint density at radius 1 is 1.04 bits per heavy atom. The molecular weight excluding hydrogens is 359 g/mol. The lowest BCUT2D eigenvalue weighted by atomic mass is 10.1. The summed E-state index contributed by atoms with van der Waals surface area (Å²) in [6.45, 7) is 0.487. The maximum absolute atomic E-state index is 14.0. The summed E-state index contributed by atoms with van der Waals surface area (Å²) in [6.07, 6.45) is -3.49. The molecule has 5 nitrogen and oxygen atoms in total. The summed E-state index contributed by atoms with van der Waals surface area (Å²) in [4.78, 5) is 11.5. The van der Waals surface area contributed by atoms with Crippen molar-refractivity contribution >= 4 is 21.4 Å². The number of nitrogens with zero attached hydrogens (tertiary/aromatic N) is 1. The summed E-state index contributed by atoms with van der Waals surface area (Å²) >= 11 is 0. The van der Waals surface area contributed by atoms with E-state index < -0.39 is 38.6 Å². The van der Waals surface area contributed by atoms with Crippen molar-refractivity contribution in [2.75, 3.05) is 5.12 Å². The number of benzene rings is 2. The highest BCUT2D eigenvalue weighted by molar-refractivity contribution is 7.91. The van der Waals surface area contributed by atoms with Crippen molar-refractivity contribution in [2.45, 2.75) is 28.7 Å². The van der Waals surface area contributed by atoms with Crippen molar-refractivity contribution in [3.63, 3.8) is 0 Å². The van der Waals surface area contributed by atoms with E-state index in [1.807, 2.05) is 0 Å². The molecule has 0 heterocycles. The van der Waals surface area contributed by atoms with Crippen LogP contribution in [0.2, 0.25) is 0 Å². The minimum Gasteiger partial charge on any atom is -0.375 e. The van der Waals surface area contributed by atoms with E-state index in [0.29, 0.717) is 6.92 Å². The maximum Gasteiger partial charge on any atom is 0.292 e. The molecule has 1 N–H and O–H groups in total. The van der Waals surface area contributed by atoms with Crippen LogP contribution in [-0.4, -0.2) is 31.5 Å². The molecule has 9 heteroatoms. The van der Waals surface area contributed by atoms with Gasteiger partial charge in [0.2, 0.25) is 15.4 Å². The zero-order valence-corrected chi connectivity index (χ0v) is 13.8. The monoisotopic (exact) mass is 373 g/mol. The first-order valence-corrected chi connectivity index (χ1v) is 8.48. The van der Waals surface area contributed by atoms with E-state index in [1.54, 1.807) is 6.07 Å². The number of alkyl halides is 2. The zero-order chi connectivity index (χ0) is 18.8. The van der Waals surface area contributed by atoms with Crippen molar-refractivity contribution in [2.24, 2.45) is 0 Å². The lowest BCUT2D eigenvalue weighted by molar-refractivity contribution is -0.154. The van der Waals surface area contributed by atoms with Crippen LogP contribution >= 0.6 is 0 Å². The van der Waals surface area contributed by atoms with E-state index in [9.17, 15) is 31.6 Å². The van der Waals surface area contributed by atoms with Gasteiger partial charge in [0, 0.05) is 0 Å². The van der Waals surface area contributed by atoms with Crippen LogP contribution in [0.3, 0.4) is 0 Å². The fourth-order valence-electron chi connectivity index (χ4n) is 1.90. The summed E-state index contributed by atoms with van der Waals surface area (Å²) in [5.41, 5.74) is -3.69. The second-order valence-electron chi connectivity index (χ2n) is 5.34. The van der Waals surface area contributed by atoms with Gasteiger partial charge in [0.05, 0.1) is 15.5 Å². The lowest BCUT2D eigenvalue weighted by Crippen LogP contribution is -2.49. The van der Waals surface area contributed by atoms with E-state index in [1.165, 1.54) is 24.3 Å². The molecule has 1 atom stereocenters. The van der Waals surface area contributed by atoms with Gasteiger partial charge < -0.3 is 5.11 Å². The Morgan fingerprint density at radius 2 is 1.52 bits per heavy atom. The summed E-state index contributed by atoms with van der Waals surface area (Å²) in [7, 11) is -3.84. The van der Waals surface area contributed by atoms with Crippen molar-refractivity contribution in [3.8, 4) is 0 Å². The Bertz CT molecular complexity index is 853. The minimum absolute atomic E-state index is 0.0246. The Hall–Kier alpha value is -2.39. The molecule has 2 aromatic rings. The standard InChI is InChI=1S/C16H14F3NO4S/c1-16(22,14(17)18)15(21)20(19)11-7-9-13(10-8-11)25(23,24)12-5-3-2-4-6-12/h2-10,14,22H,1H3. The molecule has 0 bridgehead atoms. The molecule has 0 aliphatic carbocycles. The third kappa shape index (κ3) is 3.67. The molecule has 134 valence electrons. The van der Waals surface area contributed by atoms with Gasteiger partial charge >= 0.3 is 0 Å². The molecule has 0 radical (unpaired) electrons. The van der Waals surface area contributed by atoms with E-state index in [0.717, 1.165) is 24.3 Å². The third-order valence-corrected chi connectivity index (χ3v) is 5.25. The molecule has 0 aliphatic heterocycles. The summed E-state index contributed by atoms with van der Waals surface area (Å²) < 4.78 is 64.0. The molecular formula is C16H14F3NO4S. The molecule has 0 spiro atoms. The summed E-state index contributed by atoms with van der Waals surface area (Å²) in [5.74, 6) is -1.86. The first kappa shape index (κ1) is 18.9. The van der Waals surface area contributed by atoms with Crippen molar-refractivity contribution < 1.29 is 31.6 Å². The van der Waals surface area contributed by atoms with Crippen LogP contribution in [0.25, 0.3) is 0 Å². The molecule has 2 aromatic carbocycles. The fraction of sp³-hybridized carbons (Fsp3) is 0.188. The van der Waals surface area contributed by atoms with E-state index >= 15 is 0 Å². The maximum atomic E-state index is 14.0. The van der Waals surface area contributed by atoms with Gasteiger partial charge in [-0.15, -0.1) is 5.12 Å². The molecule has 25 heavy (non-hydrogen) atoms. The topological polar surface area (TPSA) is 74.7 Å². The van der Waals surface area contributed by atoms with E-state index in [2.05, 4.69) is 0 Å². The normalized spacial score (nSPS) is 14.2. The first-order chi connectivity index (χ1) is 11.6. The molecule has 1 amide bonds. The summed E-state index contributed by atoms with van der Waals surface area (Å²) in [5, 5.41) is 8.70. The van der Waals surface area contributed by atoms with E-state index in [-0.39, 0.29) is 9.79 Å². The van der Waals surface area contributed by atoms with Gasteiger partial charge in [-0.25, -0.2) is 17.2 Å². The highest BCUT2D eigenvalue weighted by Crippen LogP contribution is 2.26. The molecule has 0 fully saturated rings. The van der Waals surface area contributed by atoms with Crippen LogP contribution < -0.4 is 5.12 Å². The predicted molar refractivity (Wildman–Crippen MR) is 83.6 cm³/mol. The van der Waals surface area contributed by atoms with Crippen molar-refractivity contribution in [3.05, 3.63) is 54.6 Å². The van der Waals surface area contributed by atoms with Crippen molar-refractivity contribution in [1.82, 2.24) is 0 Å². The zero-order valence-electron chi connectivity index (χ0n) is 12.9. The summed E-state index contributed by atoms with van der Waals surface area (Å²) in [6, 6.07) is 11.4. The number of aliphatic hydroxyl groups is 1. The average molecular weight is 373 g/mol. The van der Waals surface area contributed by atoms with Gasteiger partial charge in [-0.2, -0.15) is 0 Å². The van der Waals surface area contributed by atoms with Crippen LogP contribution in [0.1, 0.15) is 6.92 Å². The van der Waals surface area contributed by atoms with Crippen LogP contribution in [0, 0.1) is 0 Å². The van der Waals surface area contributed by atoms with Crippen LogP contribution in [0.5, 0.6) is 0 Å². The van der Waals surface area contributed by atoms with Gasteiger partial charge in [-0.05, 0) is 43.3 Å². The number of rotatable bonds is 5. The number of carbonyl (C=O) groups is 1. The highest BCUT2D eigenvalue weighted by atomic mass is 32.2. The number of carbonyl (C=O) groups excluding carboxylic acids is 1. The van der Waals surface area contributed by atoms with Gasteiger partial charge in [-0.1, -0.05) is 22.7 Å². The quantitative estimate of drug-likeness (QED) is 0.818. The van der Waals surface area contributed by atoms with Crippen LogP contribution in [-0.2, 0) is 14.6 Å². The number of halogens is 3. The molecule has 0 saturated heterocycles. The second kappa shape index (κ2) is 6.85. The second-order valence-corrected chi connectivity index (χ2v) is 7.29. The number of sulfone groups is 1. The Kier molecular flexibility index (Phi) is 5.19. The number of anilines is 1. The Morgan fingerprint density at radius 3 is 2.00 bits per heavy atom. The largest absolute Gasteiger partial charge is 0.375 e. The third-order valence-electron chi connectivity index (χ3n) is 3.46. The molecule has 0 aliphatic rings. The van der Waals surface area contributed by atoms with Crippen LogP contribution in [0.15, 0.2) is 64.4 Å². The molecule has 0 aromatic heterocycles. The van der Waals surface area contributed by atoms with Gasteiger partial charge in [-0.3, -0.25) is 4.79 Å².